The van der Waals surface area contributed by atoms with Gasteiger partial charge in [0.15, 0.2) is 0 Å². The van der Waals surface area contributed by atoms with Crippen LogP contribution in [0.2, 0.25) is 0 Å². The number of methoxy groups -OCH3 is 1. The fourth-order valence-electron chi connectivity index (χ4n) is 1.49. The van der Waals surface area contributed by atoms with Crippen LogP contribution in [-0.4, -0.2) is 30.9 Å². The number of aliphatic hydroxyl groups is 1. The molecule has 100 valence electrons. The highest BCUT2D eigenvalue weighted by atomic mass is 16.5. The van der Waals surface area contributed by atoms with Crippen molar-refractivity contribution in [3.05, 3.63) is 29.3 Å². The molecular weight excluding hydrogens is 232 g/mol. The summed E-state index contributed by atoms with van der Waals surface area (Å²) in [5.74, 6) is 0.755. The van der Waals surface area contributed by atoms with Crippen LogP contribution in [0.15, 0.2) is 18.2 Å². The Hall–Kier alpha value is -1.75. The molecule has 0 saturated carbocycles. The van der Waals surface area contributed by atoms with Gasteiger partial charge in [-0.05, 0) is 25.5 Å². The average Bonchev–Trinajstić information content (AvgIpc) is 2.36. The lowest BCUT2D eigenvalue weighted by Gasteiger charge is -2.13. The summed E-state index contributed by atoms with van der Waals surface area (Å²) in [5.41, 5.74) is 2.02. The Morgan fingerprint density at radius 1 is 1.50 bits per heavy atom. The van der Waals surface area contributed by atoms with E-state index in [0.29, 0.717) is 6.54 Å². The maximum absolute atomic E-state index is 11.5. The average molecular weight is 252 g/mol. The van der Waals surface area contributed by atoms with Gasteiger partial charge in [0, 0.05) is 12.1 Å². The molecule has 1 aromatic rings. The summed E-state index contributed by atoms with van der Waals surface area (Å²) < 4.78 is 5.25. The summed E-state index contributed by atoms with van der Waals surface area (Å²) in [6.07, 6.45) is 0. The van der Waals surface area contributed by atoms with Crippen molar-refractivity contribution in [2.24, 2.45) is 0 Å². The molecule has 0 aliphatic carbocycles. The maximum atomic E-state index is 11.5. The molecule has 1 aromatic carbocycles. The highest BCUT2D eigenvalue weighted by Crippen LogP contribution is 2.19. The molecule has 1 atom stereocenters. The van der Waals surface area contributed by atoms with Gasteiger partial charge in [0.05, 0.1) is 19.8 Å². The number of carbonyl (C=O) groups is 1. The Labute approximate surface area is 107 Å². The molecule has 3 N–H and O–H groups in total. The molecule has 5 heteroatoms. The van der Waals surface area contributed by atoms with Crippen LogP contribution >= 0.6 is 0 Å². The van der Waals surface area contributed by atoms with Crippen LogP contribution in [0.25, 0.3) is 0 Å². The smallest absolute Gasteiger partial charge is 0.315 e. The van der Waals surface area contributed by atoms with Crippen molar-refractivity contribution in [3.63, 3.8) is 0 Å². The number of hydrogen-bond acceptors (Lipinski definition) is 3. The van der Waals surface area contributed by atoms with Crippen molar-refractivity contribution < 1.29 is 14.6 Å². The first kappa shape index (κ1) is 14.3. The second kappa shape index (κ2) is 6.86. The summed E-state index contributed by atoms with van der Waals surface area (Å²) in [7, 11) is 1.60. The number of ether oxygens (including phenoxy) is 1. The molecule has 18 heavy (non-hydrogen) atoms. The zero-order chi connectivity index (χ0) is 13.5. The Bertz CT molecular complexity index is 407. The van der Waals surface area contributed by atoms with E-state index in [1.165, 1.54) is 0 Å². The van der Waals surface area contributed by atoms with Gasteiger partial charge in [-0.2, -0.15) is 0 Å². The van der Waals surface area contributed by atoms with Crippen LogP contribution in [0.5, 0.6) is 5.75 Å². The van der Waals surface area contributed by atoms with Gasteiger partial charge < -0.3 is 20.5 Å². The molecule has 0 radical (unpaired) electrons. The molecule has 1 rings (SSSR count). The normalized spacial score (nSPS) is 11.8. The summed E-state index contributed by atoms with van der Waals surface area (Å²) >= 11 is 0. The summed E-state index contributed by atoms with van der Waals surface area (Å²) in [6.45, 7) is 4.01. The van der Waals surface area contributed by atoms with Crippen LogP contribution in [0.4, 0.5) is 4.79 Å². The first-order valence-corrected chi connectivity index (χ1v) is 5.85. The molecular formula is C13H20N2O3. The van der Waals surface area contributed by atoms with E-state index in [4.69, 9.17) is 9.84 Å². The first-order chi connectivity index (χ1) is 8.56. The molecule has 0 saturated heterocycles. The zero-order valence-electron chi connectivity index (χ0n) is 11.0. The molecule has 5 nitrogen and oxygen atoms in total. The minimum atomic E-state index is -0.306. The number of rotatable bonds is 5. The van der Waals surface area contributed by atoms with Gasteiger partial charge in [-0.25, -0.2) is 4.79 Å². The molecule has 1 unspecified atom stereocenters. The van der Waals surface area contributed by atoms with Crippen molar-refractivity contribution in [1.82, 2.24) is 10.6 Å². The van der Waals surface area contributed by atoms with Crippen LogP contribution in [0.3, 0.4) is 0 Å². The van der Waals surface area contributed by atoms with E-state index < -0.39 is 0 Å². The summed E-state index contributed by atoms with van der Waals surface area (Å²) in [4.78, 5) is 11.5. The molecule has 0 bridgehead atoms. The van der Waals surface area contributed by atoms with Crippen LogP contribution < -0.4 is 15.4 Å². The minimum absolute atomic E-state index is 0.0821. The van der Waals surface area contributed by atoms with E-state index in [9.17, 15) is 4.79 Å². The Balaban J connectivity index is 2.55. The monoisotopic (exact) mass is 252 g/mol. The molecule has 0 heterocycles. The van der Waals surface area contributed by atoms with Crippen molar-refractivity contribution in [2.45, 2.75) is 26.4 Å². The maximum Gasteiger partial charge on any atom is 0.315 e. The van der Waals surface area contributed by atoms with Crippen molar-refractivity contribution in [3.8, 4) is 5.75 Å². The third kappa shape index (κ3) is 4.25. The number of urea groups is 1. The number of benzene rings is 1. The lowest BCUT2D eigenvalue weighted by Crippen LogP contribution is -2.41. The molecule has 0 aliphatic rings. The largest absolute Gasteiger partial charge is 0.496 e. The zero-order valence-corrected chi connectivity index (χ0v) is 11.0. The van der Waals surface area contributed by atoms with E-state index in [1.54, 1.807) is 14.0 Å². The lowest BCUT2D eigenvalue weighted by atomic mass is 10.1. The topological polar surface area (TPSA) is 70.6 Å². The van der Waals surface area contributed by atoms with E-state index in [2.05, 4.69) is 10.6 Å². The predicted octanol–water partition coefficient (Wildman–Crippen LogP) is 1.18. The quantitative estimate of drug-likeness (QED) is 0.737. The van der Waals surface area contributed by atoms with Crippen LogP contribution in [0.1, 0.15) is 18.1 Å². The van der Waals surface area contributed by atoms with E-state index >= 15 is 0 Å². The Morgan fingerprint density at radius 3 is 2.83 bits per heavy atom. The predicted molar refractivity (Wildman–Crippen MR) is 69.7 cm³/mol. The number of nitrogens with one attached hydrogen (secondary N) is 2. The van der Waals surface area contributed by atoms with Crippen LogP contribution in [0, 0.1) is 6.92 Å². The van der Waals surface area contributed by atoms with E-state index in [0.717, 1.165) is 16.9 Å². The third-order valence-corrected chi connectivity index (χ3v) is 2.53. The van der Waals surface area contributed by atoms with E-state index in [1.807, 2.05) is 25.1 Å². The Kier molecular flexibility index (Phi) is 5.45. The fourth-order valence-corrected chi connectivity index (χ4v) is 1.49. The number of amides is 2. The molecule has 0 spiro atoms. The molecule has 2 amide bonds. The van der Waals surface area contributed by atoms with Gasteiger partial charge >= 0.3 is 6.03 Å². The third-order valence-electron chi connectivity index (χ3n) is 2.53. The summed E-state index contributed by atoms with van der Waals surface area (Å²) in [6, 6.07) is 5.24. The van der Waals surface area contributed by atoms with Gasteiger partial charge in [0.25, 0.3) is 0 Å². The van der Waals surface area contributed by atoms with Crippen molar-refractivity contribution in [1.29, 1.82) is 0 Å². The molecule has 0 fully saturated rings. The number of aliphatic hydroxyl groups excluding tert-OH is 1. The first-order valence-electron chi connectivity index (χ1n) is 5.85. The molecule has 0 aliphatic heterocycles. The standard InChI is InChI=1S/C13H20N2O3/c1-9-4-5-11(12(6-9)18-3)7-14-13(17)15-10(2)8-16/h4-6,10,16H,7-8H2,1-3H3,(H2,14,15,17). The molecule has 0 aromatic heterocycles. The second-order valence-electron chi connectivity index (χ2n) is 4.23. The van der Waals surface area contributed by atoms with Crippen LogP contribution in [-0.2, 0) is 6.54 Å². The highest BCUT2D eigenvalue weighted by Gasteiger charge is 2.07. The van der Waals surface area contributed by atoms with Gasteiger partial charge in [0.2, 0.25) is 0 Å². The minimum Gasteiger partial charge on any atom is -0.496 e. The van der Waals surface area contributed by atoms with E-state index in [-0.39, 0.29) is 18.7 Å². The fraction of sp³-hybridized carbons (Fsp3) is 0.462. The van der Waals surface area contributed by atoms with Crippen molar-refractivity contribution in [2.75, 3.05) is 13.7 Å². The second-order valence-corrected chi connectivity index (χ2v) is 4.23. The number of aryl methyl sites for hydroxylation is 1. The number of hydrogen-bond donors (Lipinski definition) is 3. The SMILES string of the molecule is COc1cc(C)ccc1CNC(=O)NC(C)CO. The van der Waals surface area contributed by atoms with Gasteiger partial charge in [0.1, 0.15) is 5.75 Å². The highest BCUT2D eigenvalue weighted by molar-refractivity contribution is 5.74. The van der Waals surface area contributed by atoms with Gasteiger partial charge in [-0.3, -0.25) is 0 Å². The lowest BCUT2D eigenvalue weighted by molar-refractivity contribution is 0.220. The van der Waals surface area contributed by atoms with Crippen molar-refractivity contribution >= 4 is 6.03 Å². The Morgan fingerprint density at radius 2 is 2.22 bits per heavy atom. The number of carbonyl (C=O) groups excluding carboxylic acids is 1. The van der Waals surface area contributed by atoms with Gasteiger partial charge in [-0.15, -0.1) is 0 Å². The van der Waals surface area contributed by atoms with Gasteiger partial charge in [-0.1, -0.05) is 12.1 Å². The summed E-state index contributed by atoms with van der Waals surface area (Å²) in [5, 5.41) is 14.1.